The number of benzene rings is 1. The van der Waals surface area contributed by atoms with E-state index in [9.17, 15) is 0 Å². The Bertz CT molecular complexity index is 488. The molecular weight excluding hydrogens is 219 g/mol. The SMILES string of the molecule is Cn1cc(CN)c2ccc(Cl)c(Cl)c21. The molecule has 0 atom stereocenters. The molecule has 2 nitrogen and oxygen atoms in total. The van der Waals surface area contributed by atoms with Gasteiger partial charge in [0.15, 0.2) is 0 Å². The van der Waals surface area contributed by atoms with E-state index in [-0.39, 0.29) is 0 Å². The second-order valence-corrected chi connectivity index (χ2v) is 4.01. The molecule has 2 aromatic rings. The lowest BCUT2D eigenvalue weighted by Crippen LogP contribution is -1.94. The maximum absolute atomic E-state index is 6.11. The molecule has 0 unspecified atom stereocenters. The van der Waals surface area contributed by atoms with E-state index in [0.717, 1.165) is 16.5 Å². The summed E-state index contributed by atoms with van der Waals surface area (Å²) in [6.45, 7) is 0.509. The zero-order chi connectivity index (χ0) is 10.3. The Kier molecular flexibility index (Phi) is 2.43. The van der Waals surface area contributed by atoms with Crippen LogP contribution in [0.1, 0.15) is 5.56 Å². The lowest BCUT2D eigenvalue weighted by molar-refractivity contribution is 0.949. The third-order valence-corrected chi connectivity index (χ3v) is 3.13. The van der Waals surface area contributed by atoms with Gasteiger partial charge in [-0.2, -0.15) is 0 Å². The van der Waals surface area contributed by atoms with E-state index in [1.807, 2.05) is 23.9 Å². The maximum atomic E-state index is 6.11. The first kappa shape index (κ1) is 9.84. The Labute approximate surface area is 92.2 Å². The minimum absolute atomic E-state index is 0.509. The zero-order valence-electron chi connectivity index (χ0n) is 7.72. The Morgan fingerprint density at radius 1 is 1.36 bits per heavy atom. The molecule has 1 heterocycles. The molecule has 1 aromatic carbocycles. The van der Waals surface area contributed by atoms with Crippen LogP contribution in [0.3, 0.4) is 0 Å². The first-order valence-electron chi connectivity index (χ1n) is 4.27. The van der Waals surface area contributed by atoms with E-state index in [1.165, 1.54) is 0 Å². The molecule has 0 amide bonds. The van der Waals surface area contributed by atoms with Crippen LogP contribution in [0.25, 0.3) is 10.9 Å². The molecule has 74 valence electrons. The van der Waals surface area contributed by atoms with Crippen molar-refractivity contribution in [1.29, 1.82) is 0 Å². The van der Waals surface area contributed by atoms with Crippen molar-refractivity contribution in [2.24, 2.45) is 12.8 Å². The molecule has 0 spiro atoms. The van der Waals surface area contributed by atoms with E-state index in [2.05, 4.69) is 0 Å². The van der Waals surface area contributed by atoms with Gasteiger partial charge in [0.05, 0.1) is 15.6 Å². The Hall–Kier alpha value is -0.700. The fraction of sp³-hybridized carbons (Fsp3) is 0.200. The second-order valence-electron chi connectivity index (χ2n) is 3.23. The molecule has 0 fully saturated rings. The highest BCUT2D eigenvalue weighted by molar-refractivity contribution is 6.45. The van der Waals surface area contributed by atoms with Crippen molar-refractivity contribution in [1.82, 2.24) is 4.57 Å². The normalized spacial score (nSPS) is 11.1. The molecular formula is C10H10Cl2N2. The van der Waals surface area contributed by atoms with Gasteiger partial charge < -0.3 is 10.3 Å². The van der Waals surface area contributed by atoms with Gasteiger partial charge in [0.1, 0.15) is 0 Å². The van der Waals surface area contributed by atoms with Crippen LogP contribution in [0.4, 0.5) is 0 Å². The Morgan fingerprint density at radius 3 is 2.71 bits per heavy atom. The third-order valence-electron chi connectivity index (χ3n) is 2.34. The Balaban J connectivity index is 2.89. The highest BCUT2D eigenvalue weighted by atomic mass is 35.5. The average Bonchev–Trinajstić information content (AvgIpc) is 2.49. The quantitative estimate of drug-likeness (QED) is 0.800. The van der Waals surface area contributed by atoms with Gasteiger partial charge in [0.25, 0.3) is 0 Å². The summed E-state index contributed by atoms with van der Waals surface area (Å²) in [5.41, 5.74) is 7.66. The van der Waals surface area contributed by atoms with Gasteiger partial charge in [-0.1, -0.05) is 29.3 Å². The lowest BCUT2D eigenvalue weighted by Gasteiger charge is -2.01. The molecule has 2 rings (SSSR count). The molecule has 0 aliphatic carbocycles. The summed E-state index contributed by atoms with van der Waals surface area (Å²) in [5, 5.41) is 2.24. The topological polar surface area (TPSA) is 30.9 Å². The van der Waals surface area contributed by atoms with Crippen molar-refractivity contribution in [2.75, 3.05) is 0 Å². The standard InChI is InChI=1S/C10H10Cl2N2/c1-14-5-6(4-13)7-2-3-8(11)9(12)10(7)14/h2-3,5H,4,13H2,1H3. The van der Waals surface area contributed by atoms with Gasteiger partial charge in [0, 0.05) is 25.2 Å². The molecule has 1 aromatic heterocycles. The first-order chi connectivity index (χ1) is 6.65. The summed E-state index contributed by atoms with van der Waals surface area (Å²) in [4.78, 5) is 0. The lowest BCUT2D eigenvalue weighted by atomic mass is 10.2. The van der Waals surface area contributed by atoms with Gasteiger partial charge in [0.2, 0.25) is 0 Å². The Morgan fingerprint density at radius 2 is 2.07 bits per heavy atom. The molecule has 0 radical (unpaired) electrons. The van der Waals surface area contributed by atoms with Crippen molar-refractivity contribution in [3.05, 3.63) is 33.9 Å². The molecule has 0 saturated carbocycles. The number of nitrogens with zero attached hydrogens (tertiary/aromatic N) is 1. The van der Waals surface area contributed by atoms with Crippen molar-refractivity contribution in [2.45, 2.75) is 6.54 Å². The predicted molar refractivity (Wildman–Crippen MR) is 60.8 cm³/mol. The number of nitrogens with two attached hydrogens (primary N) is 1. The number of aromatic nitrogens is 1. The van der Waals surface area contributed by atoms with Gasteiger partial charge >= 0.3 is 0 Å². The maximum Gasteiger partial charge on any atom is 0.0835 e. The van der Waals surface area contributed by atoms with Crippen LogP contribution < -0.4 is 5.73 Å². The van der Waals surface area contributed by atoms with Crippen LogP contribution in [-0.2, 0) is 13.6 Å². The molecule has 14 heavy (non-hydrogen) atoms. The minimum atomic E-state index is 0.509. The number of hydrogen-bond acceptors (Lipinski definition) is 1. The molecule has 4 heteroatoms. The summed E-state index contributed by atoms with van der Waals surface area (Å²) in [7, 11) is 1.93. The van der Waals surface area contributed by atoms with E-state index in [4.69, 9.17) is 28.9 Å². The molecule has 0 saturated heterocycles. The van der Waals surface area contributed by atoms with Crippen LogP contribution >= 0.6 is 23.2 Å². The summed E-state index contributed by atoms with van der Waals surface area (Å²) >= 11 is 12.0. The fourth-order valence-electron chi connectivity index (χ4n) is 1.67. The van der Waals surface area contributed by atoms with Crippen molar-refractivity contribution in [3.8, 4) is 0 Å². The van der Waals surface area contributed by atoms with Crippen LogP contribution in [0.2, 0.25) is 10.0 Å². The second kappa shape index (κ2) is 3.46. The van der Waals surface area contributed by atoms with Crippen molar-refractivity contribution in [3.63, 3.8) is 0 Å². The van der Waals surface area contributed by atoms with Gasteiger partial charge in [-0.05, 0) is 11.6 Å². The summed E-state index contributed by atoms with van der Waals surface area (Å²) in [6.07, 6.45) is 1.98. The monoisotopic (exact) mass is 228 g/mol. The van der Waals surface area contributed by atoms with Crippen LogP contribution in [0.15, 0.2) is 18.3 Å². The van der Waals surface area contributed by atoms with E-state index >= 15 is 0 Å². The van der Waals surface area contributed by atoms with E-state index < -0.39 is 0 Å². The molecule has 2 N–H and O–H groups in total. The molecule has 0 aliphatic heterocycles. The highest BCUT2D eigenvalue weighted by Gasteiger charge is 2.10. The third kappa shape index (κ3) is 1.31. The smallest absolute Gasteiger partial charge is 0.0835 e. The summed E-state index contributed by atoms with van der Waals surface area (Å²) < 4.78 is 1.95. The molecule has 0 aliphatic rings. The largest absolute Gasteiger partial charge is 0.349 e. The van der Waals surface area contributed by atoms with Gasteiger partial charge in [-0.25, -0.2) is 0 Å². The number of halogens is 2. The predicted octanol–water partition coefficient (Wildman–Crippen LogP) is 2.94. The van der Waals surface area contributed by atoms with Gasteiger partial charge in [-0.3, -0.25) is 0 Å². The number of rotatable bonds is 1. The van der Waals surface area contributed by atoms with Crippen LogP contribution in [-0.4, -0.2) is 4.57 Å². The van der Waals surface area contributed by atoms with E-state index in [1.54, 1.807) is 6.07 Å². The summed E-state index contributed by atoms with van der Waals surface area (Å²) in [5.74, 6) is 0. The van der Waals surface area contributed by atoms with Crippen LogP contribution in [0, 0.1) is 0 Å². The number of fused-ring (bicyclic) bond motifs is 1. The number of aryl methyl sites for hydroxylation is 1. The van der Waals surface area contributed by atoms with Crippen molar-refractivity contribution >= 4 is 34.1 Å². The highest BCUT2D eigenvalue weighted by Crippen LogP contribution is 2.32. The fourth-order valence-corrected chi connectivity index (χ4v) is 2.12. The summed E-state index contributed by atoms with van der Waals surface area (Å²) in [6, 6.07) is 3.75. The molecule has 0 bridgehead atoms. The van der Waals surface area contributed by atoms with E-state index in [0.29, 0.717) is 16.6 Å². The van der Waals surface area contributed by atoms with Crippen LogP contribution in [0.5, 0.6) is 0 Å². The minimum Gasteiger partial charge on any atom is -0.349 e. The zero-order valence-corrected chi connectivity index (χ0v) is 9.23. The first-order valence-corrected chi connectivity index (χ1v) is 5.02. The van der Waals surface area contributed by atoms with Gasteiger partial charge in [-0.15, -0.1) is 0 Å². The van der Waals surface area contributed by atoms with Crippen molar-refractivity contribution < 1.29 is 0 Å². The number of hydrogen-bond donors (Lipinski definition) is 1. The average molecular weight is 229 g/mol.